The molecule has 2 aromatic rings. The van der Waals surface area contributed by atoms with E-state index in [9.17, 15) is 0 Å². The first-order chi connectivity index (χ1) is 7.59. The second kappa shape index (κ2) is 4.01. The molecular formula is C15H17N. The molecule has 1 heteroatoms. The van der Waals surface area contributed by atoms with Crippen molar-refractivity contribution in [1.29, 1.82) is 0 Å². The minimum absolute atomic E-state index is 0.856. The van der Waals surface area contributed by atoms with E-state index in [0.29, 0.717) is 0 Å². The summed E-state index contributed by atoms with van der Waals surface area (Å²) in [7, 11) is 0. The van der Waals surface area contributed by atoms with Crippen LogP contribution in [-0.4, -0.2) is 0 Å². The molecule has 0 aliphatic heterocycles. The zero-order valence-corrected chi connectivity index (χ0v) is 10.0. The van der Waals surface area contributed by atoms with E-state index in [1.807, 2.05) is 13.0 Å². The molecule has 0 spiro atoms. The number of aryl methyl sites for hydroxylation is 3. The predicted molar refractivity (Wildman–Crippen MR) is 70.5 cm³/mol. The average Bonchev–Trinajstić information content (AvgIpc) is 2.23. The van der Waals surface area contributed by atoms with Gasteiger partial charge in [0.1, 0.15) is 0 Å². The Kier molecular flexibility index (Phi) is 2.69. The van der Waals surface area contributed by atoms with Crippen LogP contribution in [0.5, 0.6) is 0 Å². The van der Waals surface area contributed by atoms with Gasteiger partial charge in [-0.1, -0.05) is 24.3 Å². The van der Waals surface area contributed by atoms with Gasteiger partial charge in [0.25, 0.3) is 0 Å². The van der Waals surface area contributed by atoms with Crippen LogP contribution in [0.2, 0.25) is 0 Å². The molecule has 2 rings (SSSR count). The fourth-order valence-electron chi connectivity index (χ4n) is 2.10. The van der Waals surface area contributed by atoms with Crippen LogP contribution in [0.1, 0.15) is 16.7 Å². The van der Waals surface area contributed by atoms with Crippen molar-refractivity contribution in [2.45, 2.75) is 20.8 Å². The van der Waals surface area contributed by atoms with Gasteiger partial charge in [-0.05, 0) is 60.7 Å². The molecule has 0 atom stereocenters. The highest BCUT2D eigenvalue weighted by molar-refractivity contribution is 5.73. The van der Waals surface area contributed by atoms with Crippen LogP contribution in [0.4, 0.5) is 5.69 Å². The number of nitrogens with two attached hydrogens (primary N) is 1. The highest BCUT2D eigenvalue weighted by atomic mass is 14.5. The Balaban J connectivity index is 2.63. The van der Waals surface area contributed by atoms with Crippen LogP contribution in [0.3, 0.4) is 0 Å². The standard InChI is InChI=1S/C15H17N/c1-10-5-4-6-11(2)15(10)13-7-8-14(16)12(3)9-13/h4-9H,16H2,1-3H3. The SMILES string of the molecule is Cc1cc(-c2c(C)cccc2C)ccc1N. The van der Waals surface area contributed by atoms with Crippen molar-refractivity contribution >= 4 is 5.69 Å². The smallest absolute Gasteiger partial charge is 0.0344 e. The maximum atomic E-state index is 5.84. The molecule has 0 fully saturated rings. The van der Waals surface area contributed by atoms with E-state index < -0.39 is 0 Å². The Labute approximate surface area is 96.9 Å². The maximum absolute atomic E-state index is 5.84. The Morgan fingerprint density at radius 1 is 0.812 bits per heavy atom. The number of benzene rings is 2. The third-order valence-electron chi connectivity index (χ3n) is 3.04. The molecule has 0 saturated carbocycles. The van der Waals surface area contributed by atoms with Gasteiger partial charge in [-0.3, -0.25) is 0 Å². The lowest BCUT2D eigenvalue weighted by Crippen LogP contribution is -1.92. The molecule has 82 valence electrons. The highest BCUT2D eigenvalue weighted by Crippen LogP contribution is 2.29. The lowest BCUT2D eigenvalue weighted by atomic mass is 9.94. The third kappa shape index (κ3) is 1.81. The minimum Gasteiger partial charge on any atom is -0.399 e. The summed E-state index contributed by atoms with van der Waals surface area (Å²) in [6, 6.07) is 12.6. The van der Waals surface area contributed by atoms with Crippen molar-refractivity contribution in [2.75, 3.05) is 5.73 Å². The van der Waals surface area contributed by atoms with Gasteiger partial charge in [0.05, 0.1) is 0 Å². The van der Waals surface area contributed by atoms with E-state index in [0.717, 1.165) is 11.3 Å². The molecule has 2 aromatic carbocycles. The summed E-state index contributed by atoms with van der Waals surface area (Å²) in [4.78, 5) is 0. The first-order valence-corrected chi connectivity index (χ1v) is 5.52. The molecule has 0 bridgehead atoms. The van der Waals surface area contributed by atoms with Gasteiger partial charge in [-0.25, -0.2) is 0 Å². The van der Waals surface area contributed by atoms with Gasteiger partial charge in [-0.2, -0.15) is 0 Å². The van der Waals surface area contributed by atoms with Crippen molar-refractivity contribution in [3.05, 3.63) is 53.1 Å². The number of anilines is 1. The summed E-state index contributed by atoms with van der Waals surface area (Å²) in [5.41, 5.74) is 13.0. The largest absolute Gasteiger partial charge is 0.399 e. The van der Waals surface area contributed by atoms with Crippen molar-refractivity contribution in [1.82, 2.24) is 0 Å². The molecule has 0 aliphatic carbocycles. The normalized spacial score (nSPS) is 10.4. The van der Waals surface area contributed by atoms with Crippen LogP contribution >= 0.6 is 0 Å². The van der Waals surface area contributed by atoms with E-state index >= 15 is 0 Å². The fraction of sp³-hybridized carbons (Fsp3) is 0.200. The van der Waals surface area contributed by atoms with Crippen LogP contribution < -0.4 is 5.73 Å². The van der Waals surface area contributed by atoms with Crippen molar-refractivity contribution < 1.29 is 0 Å². The number of hydrogen-bond acceptors (Lipinski definition) is 1. The second-order valence-electron chi connectivity index (χ2n) is 4.34. The summed E-state index contributed by atoms with van der Waals surface area (Å²) in [6.45, 7) is 6.34. The summed E-state index contributed by atoms with van der Waals surface area (Å²) in [5, 5.41) is 0. The van der Waals surface area contributed by atoms with E-state index in [1.54, 1.807) is 0 Å². The Hall–Kier alpha value is -1.76. The number of rotatable bonds is 1. The quantitative estimate of drug-likeness (QED) is 0.712. The molecule has 0 saturated heterocycles. The Morgan fingerprint density at radius 2 is 1.44 bits per heavy atom. The molecule has 16 heavy (non-hydrogen) atoms. The monoisotopic (exact) mass is 211 g/mol. The first kappa shape index (κ1) is 10.7. The summed E-state index contributed by atoms with van der Waals surface area (Å²) < 4.78 is 0. The lowest BCUT2D eigenvalue weighted by molar-refractivity contribution is 1.37. The van der Waals surface area contributed by atoms with Crippen molar-refractivity contribution in [3.63, 3.8) is 0 Å². The van der Waals surface area contributed by atoms with Gasteiger partial charge >= 0.3 is 0 Å². The second-order valence-corrected chi connectivity index (χ2v) is 4.34. The summed E-state index contributed by atoms with van der Waals surface area (Å²) in [5.74, 6) is 0. The fourth-order valence-corrected chi connectivity index (χ4v) is 2.10. The van der Waals surface area contributed by atoms with Gasteiger partial charge in [0.15, 0.2) is 0 Å². The van der Waals surface area contributed by atoms with Gasteiger partial charge in [-0.15, -0.1) is 0 Å². The highest BCUT2D eigenvalue weighted by Gasteiger charge is 2.05. The Morgan fingerprint density at radius 3 is 2.00 bits per heavy atom. The number of nitrogen functional groups attached to an aromatic ring is 1. The predicted octanol–water partition coefficient (Wildman–Crippen LogP) is 3.86. The van der Waals surface area contributed by atoms with E-state index in [2.05, 4.69) is 44.2 Å². The molecule has 0 aliphatic rings. The molecule has 0 aromatic heterocycles. The first-order valence-electron chi connectivity index (χ1n) is 5.52. The molecule has 2 N–H and O–H groups in total. The Bertz CT molecular complexity index is 507. The molecular weight excluding hydrogens is 194 g/mol. The van der Waals surface area contributed by atoms with E-state index in [-0.39, 0.29) is 0 Å². The molecule has 1 nitrogen and oxygen atoms in total. The molecule has 0 unspecified atom stereocenters. The maximum Gasteiger partial charge on any atom is 0.0344 e. The van der Waals surface area contributed by atoms with Gasteiger partial charge < -0.3 is 5.73 Å². The minimum atomic E-state index is 0.856. The van der Waals surface area contributed by atoms with Crippen LogP contribution in [0, 0.1) is 20.8 Å². The lowest BCUT2D eigenvalue weighted by Gasteiger charge is -2.11. The van der Waals surface area contributed by atoms with Crippen LogP contribution in [0.15, 0.2) is 36.4 Å². The van der Waals surface area contributed by atoms with Crippen molar-refractivity contribution in [2.24, 2.45) is 0 Å². The average molecular weight is 211 g/mol. The zero-order valence-electron chi connectivity index (χ0n) is 10.0. The number of hydrogen-bond donors (Lipinski definition) is 1. The molecule has 0 radical (unpaired) electrons. The van der Waals surface area contributed by atoms with Gasteiger partial charge in [0, 0.05) is 5.69 Å². The summed E-state index contributed by atoms with van der Waals surface area (Å²) in [6.07, 6.45) is 0. The van der Waals surface area contributed by atoms with Crippen molar-refractivity contribution in [3.8, 4) is 11.1 Å². The molecule has 0 amide bonds. The zero-order chi connectivity index (χ0) is 11.7. The van der Waals surface area contributed by atoms with Crippen LogP contribution in [-0.2, 0) is 0 Å². The van der Waals surface area contributed by atoms with E-state index in [1.165, 1.54) is 22.3 Å². The molecule has 0 heterocycles. The van der Waals surface area contributed by atoms with Gasteiger partial charge in [0.2, 0.25) is 0 Å². The summed E-state index contributed by atoms with van der Waals surface area (Å²) >= 11 is 0. The van der Waals surface area contributed by atoms with Crippen LogP contribution in [0.25, 0.3) is 11.1 Å². The van der Waals surface area contributed by atoms with E-state index in [4.69, 9.17) is 5.73 Å². The topological polar surface area (TPSA) is 26.0 Å². The third-order valence-corrected chi connectivity index (χ3v) is 3.04.